The number of nitrogens with zero attached hydrogens (tertiary/aromatic N) is 3. The van der Waals surface area contributed by atoms with Crippen LogP contribution >= 0.6 is 0 Å². The van der Waals surface area contributed by atoms with Crippen LogP contribution in [0.1, 0.15) is 44.9 Å². The van der Waals surface area contributed by atoms with Crippen molar-refractivity contribution in [2.75, 3.05) is 24.5 Å². The molecule has 0 fully saturated rings. The normalized spacial score (nSPS) is 11.3. The molecule has 110 valence electrons. The van der Waals surface area contributed by atoms with Crippen molar-refractivity contribution in [3.8, 4) is 0 Å². The quantitative estimate of drug-likeness (QED) is 0.786. The van der Waals surface area contributed by atoms with Crippen molar-refractivity contribution in [1.82, 2.24) is 9.78 Å². The Kier molecular flexibility index (Phi) is 6.35. The SMILES string of the molecule is CCC(CC)CN(CC)c1c(CCN)c(C)nn1C. The largest absolute Gasteiger partial charge is 0.357 e. The Labute approximate surface area is 118 Å². The van der Waals surface area contributed by atoms with Crippen LogP contribution in [0.5, 0.6) is 0 Å². The van der Waals surface area contributed by atoms with E-state index >= 15 is 0 Å². The lowest BCUT2D eigenvalue weighted by atomic mass is 10.0. The minimum absolute atomic E-state index is 0.683. The molecule has 0 amide bonds. The molecule has 0 aliphatic carbocycles. The highest BCUT2D eigenvalue weighted by Crippen LogP contribution is 2.25. The predicted octanol–water partition coefficient (Wildman–Crippen LogP) is 2.49. The standard InChI is InChI=1S/C15H30N4/c1-6-13(7-2)11-19(8-3)15-14(9-10-16)12(4)17-18(15)5/h13H,6-11,16H2,1-5H3. The van der Waals surface area contributed by atoms with Crippen molar-refractivity contribution in [2.45, 2.75) is 47.0 Å². The summed E-state index contributed by atoms with van der Waals surface area (Å²) in [6.07, 6.45) is 3.38. The van der Waals surface area contributed by atoms with E-state index in [1.54, 1.807) is 0 Å². The van der Waals surface area contributed by atoms with Gasteiger partial charge in [-0.2, -0.15) is 5.10 Å². The fourth-order valence-corrected chi connectivity index (χ4v) is 2.75. The van der Waals surface area contributed by atoms with Crippen LogP contribution in [0.15, 0.2) is 0 Å². The van der Waals surface area contributed by atoms with E-state index in [1.807, 2.05) is 11.7 Å². The molecule has 1 heterocycles. The van der Waals surface area contributed by atoms with E-state index in [9.17, 15) is 0 Å². The Morgan fingerprint density at radius 1 is 1.26 bits per heavy atom. The van der Waals surface area contributed by atoms with Crippen LogP contribution in [0.2, 0.25) is 0 Å². The van der Waals surface area contributed by atoms with Gasteiger partial charge >= 0.3 is 0 Å². The van der Waals surface area contributed by atoms with Gasteiger partial charge in [0.15, 0.2) is 0 Å². The zero-order chi connectivity index (χ0) is 14.4. The van der Waals surface area contributed by atoms with Gasteiger partial charge in [-0.15, -0.1) is 0 Å². The molecular weight excluding hydrogens is 236 g/mol. The molecule has 4 heteroatoms. The highest BCUT2D eigenvalue weighted by molar-refractivity contribution is 5.50. The summed E-state index contributed by atoms with van der Waals surface area (Å²) in [7, 11) is 2.04. The lowest BCUT2D eigenvalue weighted by Crippen LogP contribution is -2.31. The number of aromatic nitrogens is 2. The molecule has 0 bridgehead atoms. The second-order valence-electron chi connectivity index (χ2n) is 5.27. The van der Waals surface area contributed by atoms with Crippen LogP contribution in [-0.2, 0) is 13.5 Å². The molecule has 0 spiro atoms. The van der Waals surface area contributed by atoms with Crippen LogP contribution in [0.25, 0.3) is 0 Å². The average molecular weight is 266 g/mol. The Morgan fingerprint density at radius 2 is 1.89 bits per heavy atom. The molecule has 4 nitrogen and oxygen atoms in total. The van der Waals surface area contributed by atoms with Crippen LogP contribution in [0.3, 0.4) is 0 Å². The summed E-state index contributed by atoms with van der Waals surface area (Å²) in [6, 6.07) is 0. The van der Waals surface area contributed by atoms with Crippen LogP contribution in [0.4, 0.5) is 5.82 Å². The van der Waals surface area contributed by atoms with Crippen molar-refractivity contribution in [2.24, 2.45) is 18.7 Å². The lowest BCUT2D eigenvalue weighted by Gasteiger charge is -2.28. The fourth-order valence-electron chi connectivity index (χ4n) is 2.75. The van der Waals surface area contributed by atoms with Gasteiger partial charge in [-0.25, -0.2) is 0 Å². The summed E-state index contributed by atoms with van der Waals surface area (Å²) in [6.45, 7) is 11.7. The number of hydrogen-bond donors (Lipinski definition) is 1. The van der Waals surface area contributed by atoms with Gasteiger partial charge in [-0.1, -0.05) is 26.7 Å². The molecule has 2 N–H and O–H groups in total. The maximum Gasteiger partial charge on any atom is 0.130 e. The van der Waals surface area contributed by atoms with Gasteiger partial charge in [-0.3, -0.25) is 4.68 Å². The molecule has 0 radical (unpaired) electrons. The van der Waals surface area contributed by atoms with Gasteiger partial charge in [0.25, 0.3) is 0 Å². The maximum absolute atomic E-state index is 5.75. The number of anilines is 1. The monoisotopic (exact) mass is 266 g/mol. The molecule has 0 unspecified atom stereocenters. The van der Waals surface area contributed by atoms with Crippen LogP contribution in [-0.4, -0.2) is 29.4 Å². The predicted molar refractivity (Wildman–Crippen MR) is 82.7 cm³/mol. The van der Waals surface area contributed by atoms with E-state index in [2.05, 4.69) is 37.7 Å². The Hall–Kier alpha value is -1.03. The molecule has 1 aromatic rings. The van der Waals surface area contributed by atoms with Crippen LogP contribution < -0.4 is 10.6 Å². The molecule has 0 aliphatic heterocycles. The van der Waals surface area contributed by atoms with E-state index < -0.39 is 0 Å². The first kappa shape index (κ1) is 16.0. The second kappa shape index (κ2) is 7.53. The van der Waals surface area contributed by atoms with Crippen molar-refractivity contribution in [3.05, 3.63) is 11.3 Å². The Bertz CT molecular complexity index is 380. The van der Waals surface area contributed by atoms with E-state index in [-0.39, 0.29) is 0 Å². The van der Waals surface area contributed by atoms with Crippen molar-refractivity contribution in [1.29, 1.82) is 0 Å². The first-order valence-corrected chi connectivity index (χ1v) is 7.56. The average Bonchev–Trinajstić information content (AvgIpc) is 2.67. The van der Waals surface area contributed by atoms with Crippen molar-refractivity contribution >= 4 is 5.82 Å². The van der Waals surface area contributed by atoms with E-state index in [4.69, 9.17) is 5.73 Å². The highest BCUT2D eigenvalue weighted by Gasteiger charge is 2.19. The molecule has 0 aliphatic rings. The zero-order valence-corrected chi connectivity index (χ0v) is 13.2. The molecule has 0 saturated heterocycles. The number of rotatable bonds is 8. The summed E-state index contributed by atoms with van der Waals surface area (Å²) in [5, 5.41) is 4.58. The number of aryl methyl sites for hydroxylation is 2. The van der Waals surface area contributed by atoms with Gasteiger partial charge in [0, 0.05) is 25.7 Å². The second-order valence-corrected chi connectivity index (χ2v) is 5.27. The highest BCUT2D eigenvalue weighted by atomic mass is 15.4. The molecule has 19 heavy (non-hydrogen) atoms. The maximum atomic E-state index is 5.75. The fraction of sp³-hybridized carbons (Fsp3) is 0.800. The number of hydrogen-bond acceptors (Lipinski definition) is 3. The first-order chi connectivity index (χ1) is 9.08. The van der Waals surface area contributed by atoms with Gasteiger partial charge in [0.2, 0.25) is 0 Å². The molecule has 0 atom stereocenters. The van der Waals surface area contributed by atoms with E-state index in [0.717, 1.165) is 31.1 Å². The van der Waals surface area contributed by atoms with E-state index in [1.165, 1.54) is 24.2 Å². The Balaban J connectivity index is 3.03. The summed E-state index contributed by atoms with van der Waals surface area (Å²) in [5.41, 5.74) is 8.18. The molecule has 1 aromatic heterocycles. The molecule has 1 rings (SSSR count). The molecule has 0 aromatic carbocycles. The third-order valence-electron chi connectivity index (χ3n) is 4.02. The number of nitrogens with two attached hydrogens (primary N) is 1. The third kappa shape index (κ3) is 3.72. The van der Waals surface area contributed by atoms with Gasteiger partial charge < -0.3 is 10.6 Å². The summed E-state index contributed by atoms with van der Waals surface area (Å²) < 4.78 is 2.02. The van der Waals surface area contributed by atoms with Crippen LogP contribution in [0, 0.1) is 12.8 Å². The first-order valence-electron chi connectivity index (χ1n) is 7.56. The zero-order valence-electron chi connectivity index (χ0n) is 13.2. The smallest absolute Gasteiger partial charge is 0.130 e. The summed E-state index contributed by atoms with van der Waals surface area (Å²) >= 11 is 0. The minimum Gasteiger partial charge on any atom is -0.357 e. The van der Waals surface area contributed by atoms with Crippen molar-refractivity contribution < 1.29 is 0 Å². The minimum atomic E-state index is 0.683. The lowest BCUT2D eigenvalue weighted by molar-refractivity contribution is 0.480. The third-order valence-corrected chi connectivity index (χ3v) is 4.02. The van der Waals surface area contributed by atoms with Gasteiger partial charge in [-0.05, 0) is 32.7 Å². The van der Waals surface area contributed by atoms with Gasteiger partial charge in [0.1, 0.15) is 5.82 Å². The summed E-state index contributed by atoms with van der Waals surface area (Å²) in [4.78, 5) is 2.46. The Morgan fingerprint density at radius 3 is 2.37 bits per heavy atom. The molecule has 0 saturated carbocycles. The van der Waals surface area contributed by atoms with E-state index in [0.29, 0.717) is 6.54 Å². The topological polar surface area (TPSA) is 47.1 Å². The van der Waals surface area contributed by atoms with Gasteiger partial charge in [0.05, 0.1) is 5.69 Å². The molecular formula is C15H30N4. The van der Waals surface area contributed by atoms with Crippen molar-refractivity contribution in [3.63, 3.8) is 0 Å². The summed E-state index contributed by atoms with van der Waals surface area (Å²) in [5.74, 6) is 2.01.